The number of rotatable bonds is 7. The lowest BCUT2D eigenvalue weighted by Gasteiger charge is -2.11. The normalized spacial score (nSPS) is 10.9. The molecule has 4 rings (SSSR count). The Hall–Kier alpha value is -3.37. The highest BCUT2D eigenvalue weighted by molar-refractivity contribution is 6.06. The number of carbonyl (C=O) groups excluding carboxylic acids is 1. The summed E-state index contributed by atoms with van der Waals surface area (Å²) in [7, 11) is 1.70. The number of fused-ring (bicyclic) bond motifs is 1. The fraction of sp³-hybridized carbons (Fsp3) is 0.160. The van der Waals surface area contributed by atoms with Crippen molar-refractivity contribution in [2.75, 3.05) is 19.0 Å². The van der Waals surface area contributed by atoms with Crippen molar-refractivity contribution in [3.05, 3.63) is 102 Å². The first-order valence-corrected chi connectivity index (χ1v) is 9.75. The predicted molar refractivity (Wildman–Crippen MR) is 117 cm³/mol. The zero-order valence-electron chi connectivity index (χ0n) is 16.5. The highest BCUT2D eigenvalue weighted by atomic mass is 16.5. The van der Waals surface area contributed by atoms with Gasteiger partial charge in [0.15, 0.2) is 0 Å². The number of hydrogen-bond donors (Lipinski definition) is 1. The molecule has 0 bridgehead atoms. The van der Waals surface area contributed by atoms with E-state index in [4.69, 9.17) is 4.74 Å². The SMILES string of the molecule is COCCn1ccc2cc(NC(=O)c3ccccc3Cc3ccccc3)ccc21. The molecule has 0 aliphatic heterocycles. The van der Waals surface area contributed by atoms with E-state index in [1.54, 1.807) is 7.11 Å². The molecule has 0 fully saturated rings. The monoisotopic (exact) mass is 384 g/mol. The molecule has 4 aromatic rings. The average Bonchev–Trinajstić information content (AvgIpc) is 3.15. The summed E-state index contributed by atoms with van der Waals surface area (Å²) in [5, 5.41) is 4.15. The van der Waals surface area contributed by atoms with E-state index in [0.717, 1.165) is 35.1 Å². The van der Waals surface area contributed by atoms with Gasteiger partial charge in [-0.2, -0.15) is 0 Å². The molecule has 3 aromatic carbocycles. The van der Waals surface area contributed by atoms with E-state index in [9.17, 15) is 4.79 Å². The van der Waals surface area contributed by atoms with Crippen LogP contribution >= 0.6 is 0 Å². The molecule has 4 nitrogen and oxygen atoms in total. The summed E-state index contributed by atoms with van der Waals surface area (Å²) >= 11 is 0. The first-order chi connectivity index (χ1) is 14.2. The van der Waals surface area contributed by atoms with Crippen LogP contribution in [0.15, 0.2) is 85.1 Å². The van der Waals surface area contributed by atoms with Crippen LogP contribution in [0.1, 0.15) is 21.5 Å². The summed E-state index contributed by atoms with van der Waals surface area (Å²) in [4.78, 5) is 13.0. The van der Waals surface area contributed by atoms with Gasteiger partial charge >= 0.3 is 0 Å². The van der Waals surface area contributed by atoms with Crippen molar-refractivity contribution in [3.63, 3.8) is 0 Å². The Bertz CT molecular complexity index is 1120. The number of carbonyl (C=O) groups is 1. The molecule has 0 saturated carbocycles. The summed E-state index contributed by atoms with van der Waals surface area (Å²) in [6.45, 7) is 1.47. The molecule has 29 heavy (non-hydrogen) atoms. The molecule has 0 radical (unpaired) electrons. The van der Waals surface area contributed by atoms with Gasteiger partial charge in [0, 0.05) is 42.0 Å². The van der Waals surface area contributed by atoms with Crippen LogP contribution in [-0.4, -0.2) is 24.2 Å². The molecular weight excluding hydrogens is 360 g/mol. The van der Waals surface area contributed by atoms with Crippen LogP contribution in [0.5, 0.6) is 0 Å². The standard InChI is InChI=1S/C25H24N2O2/c1-29-16-15-27-14-13-21-18-22(11-12-24(21)27)26-25(28)23-10-6-5-9-20(23)17-19-7-3-2-4-8-19/h2-14,18H,15-17H2,1H3,(H,26,28). The predicted octanol–water partition coefficient (Wildman–Crippen LogP) is 5.13. The van der Waals surface area contributed by atoms with Gasteiger partial charge in [0.25, 0.3) is 5.91 Å². The molecule has 0 unspecified atom stereocenters. The number of nitrogens with one attached hydrogen (secondary N) is 1. The molecular formula is C25H24N2O2. The third-order valence-corrected chi connectivity index (χ3v) is 5.06. The highest BCUT2D eigenvalue weighted by Crippen LogP contribution is 2.22. The van der Waals surface area contributed by atoms with Crippen molar-refractivity contribution < 1.29 is 9.53 Å². The Morgan fingerprint density at radius 2 is 1.76 bits per heavy atom. The van der Waals surface area contributed by atoms with E-state index in [2.05, 4.69) is 28.1 Å². The van der Waals surface area contributed by atoms with Gasteiger partial charge < -0.3 is 14.6 Å². The summed E-state index contributed by atoms with van der Waals surface area (Å²) < 4.78 is 7.32. The molecule has 0 atom stereocenters. The Kier molecular flexibility index (Phi) is 5.73. The average molecular weight is 384 g/mol. The smallest absolute Gasteiger partial charge is 0.255 e. The van der Waals surface area contributed by atoms with Crippen LogP contribution in [0.4, 0.5) is 5.69 Å². The van der Waals surface area contributed by atoms with Crippen LogP contribution in [0.2, 0.25) is 0 Å². The van der Waals surface area contributed by atoms with E-state index in [0.29, 0.717) is 12.2 Å². The molecule has 0 aliphatic carbocycles. The second kappa shape index (κ2) is 8.76. The highest BCUT2D eigenvalue weighted by Gasteiger charge is 2.12. The Morgan fingerprint density at radius 3 is 2.59 bits per heavy atom. The molecule has 1 heterocycles. The molecule has 1 aromatic heterocycles. The molecule has 146 valence electrons. The van der Waals surface area contributed by atoms with E-state index >= 15 is 0 Å². The third-order valence-electron chi connectivity index (χ3n) is 5.06. The van der Waals surface area contributed by atoms with Crippen LogP contribution in [0, 0.1) is 0 Å². The van der Waals surface area contributed by atoms with Crippen molar-refractivity contribution in [2.45, 2.75) is 13.0 Å². The number of benzene rings is 3. The van der Waals surface area contributed by atoms with Crippen molar-refractivity contribution in [1.29, 1.82) is 0 Å². The fourth-order valence-corrected chi connectivity index (χ4v) is 3.57. The Balaban J connectivity index is 1.54. The number of hydrogen-bond acceptors (Lipinski definition) is 2. The molecule has 1 amide bonds. The minimum atomic E-state index is -0.0882. The van der Waals surface area contributed by atoms with Crippen LogP contribution in [0.3, 0.4) is 0 Å². The van der Waals surface area contributed by atoms with Gasteiger partial charge in [-0.3, -0.25) is 4.79 Å². The zero-order valence-corrected chi connectivity index (χ0v) is 16.5. The molecule has 1 N–H and O–H groups in total. The first kappa shape index (κ1) is 19.0. The van der Waals surface area contributed by atoms with Crippen LogP contribution in [0.25, 0.3) is 10.9 Å². The van der Waals surface area contributed by atoms with Crippen LogP contribution < -0.4 is 5.32 Å². The van der Waals surface area contributed by atoms with Gasteiger partial charge in [-0.25, -0.2) is 0 Å². The van der Waals surface area contributed by atoms with Gasteiger partial charge in [-0.05, 0) is 47.9 Å². The maximum atomic E-state index is 13.0. The maximum absolute atomic E-state index is 13.0. The lowest BCUT2D eigenvalue weighted by Crippen LogP contribution is -2.14. The Labute approximate surface area is 170 Å². The topological polar surface area (TPSA) is 43.3 Å². The van der Waals surface area contributed by atoms with E-state index in [-0.39, 0.29) is 5.91 Å². The Morgan fingerprint density at radius 1 is 0.966 bits per heavy atom. The molecule has 0 aliphatic rings. The van der Waals surface area contributed by atoms with Gasteiger partial charge in [-0.1, -0.05) is 48.5 Å². The van der Waals surface area contributed by atoms with E-state index in [1.807, 2.05) is 66.9 Å². The number of amides is 1. The van der Waals surface area contributed by atoms with E-state index < -0.39 is 0 Å². The van der Waals surface area contributed by atoms with Gasteiger partial charge in [-0.15, -0.1) is 0 Å². The fourth-order valence-electron chi connectivity index (χ4n) is 3.57. The molecule has 4 heteroatoms. The number of anilines is 1. The maximum Gasteiger partial charge on any atom is 0.255 e. The summed E-state index contributed by atoms with van der Waals surface area (Å²) in [5.41, 5.74) is 4.83. The van der Waals surface area contributed by atoms with Gasteiger partial charge in [0.05, 0.1) is 6.61 Å². The largest absolute Gasteiger partial charge is 0.383 e. The van der Waals surface area contributed by atoms with Crippen molar-refractivity contribution in [3.8, 4) is 0 Å². The lowest BCUT2D eigenvalue weighted by molar-refractivity contribution is 0.102. The molecule has 0 saturated heterocycles. The summed E-state index contributed by atoms with van der Waals surface area (Å²) in [6, 6.07) is 26.0. The number of aromatic nitrogens is 1. The third kappa shape index (κ3) is 4.39. The van der Waals surface area contributed by atoms with E-state index in [1.165, 1.54) is 5.56 Å². The van der Waals surface area contributed by atoms with Gasteiger partial charge in [0.1, 0.15) is 0 Å². The second-order valence-corrected chi connectivity index (χ2v) is 7.05. The quantitative estimate of drug-likeness (QED) is 0.480. The number of nitrogens with zero attached hydrogens (tertiary/aromatic N) is 1. The lowest BCUT2D eigenvalue weighted by atomic mass is 9.99. The number of ether oxygens (including phenoxy) is 1. The van der Waals surface area contributed by atoms with Crippen LogP contribution in [-0.2, 0) is 17.7 Å². The minimum absolute atomic E-state index is 0.0882. The van der Waals surface area contributed by atoms with Crippen molar-refractivity contribution >= 4 is 22.5 Å². The summed E-state index contributed by atoms with van der Waals surface area (Å²) in [5.74, 6) is -0.0882. The zero-order chi connectivity index (χ0) is 20.1. The van der Waals surface area contributed by atoms with Crippen molar-refractivity contribution in [2.24, 2.45) is 0 Å². The number of methoxy groups -OCH3 is 1. The second-order valence-electron chi connectivity index (χ2n) is 7.05. The molecule has 0 spiro atoms. The minimum Gasteiger partial charge on any atom is -0.383 e. The summed E-state index contributed by atoms with van der Waals surface area (Å²) in [6.07, 6.45) is 2.77. The van der Waals surface area contributed by atoms with Crippen molar-refractivity contribution in [1.82, 2.24) is 4.57 Å². The van der Waals surface area contributed by atoms with Gasteiger partial charge in [0.2, 0.25) is 0 Å². The first-order valence-electron chi connectivity index (χ1n) is 9.75.